The monoisotopic (exact) mass is 340 g/mol. The van der Waals surface area contributed by atoms with E-state index in [0.29, 0.717) is 25.8 Å². The first-order valence-electron chi connectivity index (χ1n) is 8.80. The van der Waals surface area contributed by atoms with Crippen LogP contribution in [-0.4, -0.2) is 40.0 Å². The van der Waals surface area contributed by atoms with Crippen LogP contribution in [0.1, 0.15) is 36.0 Å². The van der Waals surface area contributed by atoms with Crippen LogP contribution in [0.15, 0.2) is 36.7 Å². The van der Waals surface area contributed by atoms with Crippen LogP contribution in [0.3, 0.4) is 0 Å². The molecule has 6 nitrogen and oxygen atoms in total. The van der Waals surface area contributed by atoms with E-state index < -0.39 is 0 Å². The third kappa shape index (κ3) is 5.17. The van der Waals surface area contributed by atoms with Crippen molar-refractivity contribution in [3.63, 3.8) is 0 Å². The van der Waals surface area contributed by atoms with Crippen molar-refractivity contribution in [2.45, 2.75) is 38.6 Å². The Morgan fingerprint density at radius 2 is 1.96 bits per heavy atom. The lowest BCUT2D eigenvalue weighted by atomic mass is 10.1. The smallest absolute Gasteiger partial charge is 0.226 e. The fraction of sp³-hybridized carbons (Fsp3) is 0.421. The van der Waals surface area contributed by atoms with E-state index in [1.807, 2.05) is 29.2 Å². The predicted octanol–water partition coefficient (Wildman–Crippen LogP) is 1.82. The van der Waals surface area contributed by atoms with E-state index in [4.69, 9.17) is 0 Å². The molecule has 132 valence electrons. The Balaban J connectivity index is 1.46. The number of likely N-dealkylation sites (tertiary alicyclic amines) is 1. The minimum absolute atomic E-state index is 0.0137. The van der Waals surface area contributed by atoms with Gasteiger partial charge in [-0.15, -0.1) is 0 Å². The standard InChI is InChI=1S/C19H24N4O2/c24-18(7-6-17-13-21-22-14-17)20-12-16-5-3-4-15(10-16)11-19(25)23-8-1-2-9-23/h3-5,10,13-14H,1-2,6-9,11-12H2,(H,20,24)(H,21,22). The molecule has 0 saturated carbocycles. The predicted molar refractivity (Wildman–Crippen MR) is 94.7 cm³/mol. The molecular formula is C19H24N4O2. The van der Waals surface area contributed by atoms with Crippen molar-refractivity contribution in [2.24, 2.45) is 0 Å². The van der Waals surface area contributed by atoms with Crippen LogP contribution in [0.5, 0.6) is 0 Å². The van der Waals surface area contributed by atoms with Gasteiger partial charge in [0.25, 0.3) is 0 Å². The number of hydrogen-bond acceptors (Lipinski definition) is 3. The SMILES string of the molecule is O=C(CCc1cn[nH]c1)NCc1cccc(CC(=O)N2CCCC2)c1. The van der Waals surface area contributed by atoms with Gasteiger partial charge < -0.3 is 10.2 Å². The minimum Gasteiger partial charge on any atom is -0.352 e. The zero-order valence-electron chi connectivity index (χ0n) is 14.3. The second kappa shape index (κ2) is 8.46. The van der Waals surface area contributed by atoms with Gasteiger partial charge in [0.05, 0.1) is 12.6 Å². The number of H-pyrrole nitrogens is 1. The number of aromatic nitrogens is 2. The number of nitrogens with one attached hydrogen (secondary N) is 2. The first-order chi connectivity index (χ1) is 12.2. The zero-order chi connectivity index (χ0) is 17.5. The van der Waals surface area contributed by atoms with Gasteiger partial charge in [-0.25, -0.2) is 0 Å². The molecule has 2 heterocycles. The van der Waals surface area contributed by atoms with Crippen molar-refractivity contribution in [1.82, 2.24) is 20.4 Å². The fourth-order valence-corrected chi connectivity index (χ4v) is 3.06. The van der Waals surface area contributed by atoms with E-state index in [-0.39, 0.29) is 11.8 Å². The number of benzene rings is 1. The number of rotatable bonds is 7. The number of hydrogen-bond donors (Lipinski definition) is 2. The molecular weight excluding hydrogens is 316 g/mol. The van der Waals surface area contributed by atoms with Gasteiger partial charge in [0.15, 0.2) is 0 Å². The van der Waals surface area contributed by atoms with Crippen LogP contribution in [-0.2, 0) is 29.0 Å². The molecule has 25 heavy (non-hydrogen) atoms. The molecule has 0 unspecified atom stereocenters. The third-order valence-corrected chi connectivity index (χ3v) is 4.49. The van der Waals surface area contributed by atoms with Crippen LogP contribution in [0, 0.1) is 0 Å². The summed E-state index contributed by atoms with van der Waals surface area (Å²) in [6.45, 7) is 2.24. The molecule has 2 aromatic rings. The van der Waals surface area contributed by atoms with Gasteiger partial charge in [-0.2, -0.15) is 5.10 Å². The van der Waals surface area contributed by atoms with Crippen molar-refractivity contribution in [1.29, 1.82) is 0 Å². The first-order valence-corrected chi connectivity index (χ1v) is 8.80. The maximum absolute atomic E-state index is 12.2. The largest absolute Gasteiger partial charge is 0.352 e. The number of aromatic amines is 1. The molecule has 1 aromatic heterocycles. The normalized spacial score (nSPS) is 13.8. The van der Waals surface area contributed by atoms with Crippen molar-refractivity contribution < 1.29 is 9.59 Å². The summed E-state index contributed by atoms with van der Waals surface area (Å²) in [6.07, 6.45) is 7.29. The van der Waals surface area contributed by atoms with Gasteiger partial charge in [0, 0.05) is 32.3 Å². The summed E-state index contributed by atoms with van der Waals surface area (Å²) < 4.78 is 0. The van der Waals surface area contributed by atoms with Gasteiger partial charge in [-0.1, -0.05) is 24.3 Å². The molecule has 2 amide bonds. The van der Waals surface area contributed by atoms with Crippen LogP contribution < -0.4 is 5.32 Å². The Kier molecular flexibility index (Phi) is 5.82. The molecule has 3 rings (SSSR count). The average molecular weight is 340 g/mol. The lowest BCUT2D eigenvalue weighted by Gasteiger charge is -2.15. The van der Waals surface area contributed by atoms with E-state index in [9.17, 15) is 9.59 Å². The maximum atomic E-state index is 12.2. The average Bonchev–Trinajstić information content (AvgIpc) is 3.32. The number of nitrogens with zero attached hydrogens (tertiary/aromatic N) is 2. The summed E-state index contributed by atoms with van der Waals surface area (Å²) in [4.78, 5) is 26.1. The lowest BCUT2D eigenvalue weighted by Crippen LogP contribution is -2.29. The molecule has 6 heteroatoms. The van der Waals surface area contributed by atoms with E-state index in [0.717, 1.165) is 42.6 Å². The first kappa shape index (κ1) is 17.2. The number of carbonyl (C=O) groups is 2. The van der Waals surface area contributed by atoms with E-state index in [2.05, 4.69) is 15.5 Å². The Labute approximate surface area is 147 Å². The summed E-state index contributed by atoms with van der Waals surface area (Å²) >= 11 is 0. The Bertz CT molecular complexity index is 706. The van der Waals surface area contributed by atoms with Gasteiger partial charge in [0.1, 0.15) is 0 Å². The molecule has 1 aromatic carbocycles. The van der Waals surface area contributed by atoms with E-state index in [1.165, 1.54) is 0 Å². The molecule has 0 bridgehead atoms. The Hall–Kier alpha value is -2.63. The molecule has 0 spiro atoms. The van der Waals surface area contributed by atoms with Crippen LogP contribution in [0.25, 0.3) is 0 Å². The van der Waals surface area contributed by atoms with Crippen molar-refractivity contribution in [3.05, 3.63) is 53.3 Å². The van der Waals surface area contributed by atoms with Crippen LogP contribution in [0.4, 0.5) is 0 Å². The summed E-state index contributed by atoms with van der Waals surface area (Å²) in [5, 5.41) is 9.54. The Morgan fingerprint density at radius 3 is 2.72 bits per heavy atom. The van der Waals surface area contributed by atoms with Crippen molar-refractivity contribution >= 4 is 11.8 Å². The highest BCUT2D eigenvalue weighted by Crippen LogP contribution is 2.12. The Morgan fingerprint density at radius 1 is 1.16 bits per heavy atom. The highest BCUT2D eigenvalue weighted by molar-refractivity contribution is 5.79. The summed E-state index contributed by atoms with van der Waals surface area (Å²) in [6, 6.07) is 7.89. The molecule has 0 aliphatic carbocycles. The fourth-order valence-electron chi connectivity index (χ4n) is 3.06. The highest BCUT2D eigenvalue weighted by Gasteiger charge is 2.17. The number of aryl methyl sites for hydroxylation is 1. The topological polar surface area (TPSA) is 78.1 Å². The summed E-state index contributed by atoms with van der Waals surface area (Å²) in [7, 11) is 0. The van der Waals surface area contributed by atoms with Crippen molar-refractivity contribution in [2.75, 3.05) is 13.1 Å². The van der Waals surface area contributed by atoms with E-state index in [1.54, 1.807) is 12.4 Å². The third-order valence-electron chi connectivity index (χ3n) is 4.49. The summed E-state index contributed by atoms with van der Waals surface area (Å²) in [5.74, 6) is 0.207. The van der Waals surface area contributed by atoms with Gasteiger partial charge in [-0.3, -0.25) is 14.7 Å². The second-order valence-electron chi connectivity index (χ2n) is 6.47. The van der Waals surface area contributed by atoms with Gasteiger partial charge in [0.2, 0.25) is 11.8 Å². The second-order valence-corrected chi connectivity index (χ2v) is 6.47. The number of carbonyl (C=O) groups excluding carboxylic acids is 2. The molecule has 1 fully saturated rings. The highest BCUT2D eigenvalue weighted by atomic mass is 16.2. The molecule has 2 N–H and O–H groups in total. The van der Waals surface area contributed by atoms with Gasteiger partial charge >= 0.3 is 0 Å². The minimum atomic E-state index is 0.0137. The zero-order valence-corrected chi connectivity index (χ0v) is 14.3. The van der Waals surface area contributed by atoms with E-state index >= 15 is 0 Å². The quantitative estimate of drug-likeness (QED) is 0.807. The van der Waals surface area contributed by atoms with Gasteiger partial charge in [-0.05, 0) is 36.0 Å². The summed E-state index contributed by atoms with van der Waals surface area (Å²) in [5.41, 5.74) is 3.04. The molecule has 0 atom stereocenters. The number of amides is 2. The van der Waals surface area contributed by atoms with Crippen molar-refractivity contribution in [3.8, 4) is 0 Å². The molecule has 1 aliphatic rings. The lowest BCUT2D eigenvalue weighted by molar-refractivity contribution is -0.129. The molecule has 1 saturated heterocycles. The van der Waals surface area contributed by atoms with Crippen LogP contribution in [0.2, 0.25) is 0 Å². The van der Waals surface area contributed by atoms with Crippen LogP contribution >= 0.6 is 0 Å². The molecule has 0 radical (unpaired) electrons. The maximum Gasteiger partial charge on any atom is 0.226 e. The molecule has 1 aliphatic heterocycles.